The highest BCUT2D eigenvalue weighted by Crippen LogP contribution is 2.42. The highest BCUT2D eigenvalue weighted by atomic mass is 16.6. The number of nitrogens with zero attached hydrogens (tertiary/aromatic N) is 1. The molecule has 1 atom stereocenters. The Balaban J connectivity index is 1.89. The lowest BCUT2D eigenvalue weighted by molar-refractivity contribution is -0.164. The molecule has 1 aliphatic rings. The van der Waals surface area contributed by atoms with Crippen molar-refractivity contribution in [2.75, 3.05) is 0 Å². The van der Waals surface area contributed by atoms with Crippen molar-refractivity contribution in [1.82, 2.24) is 4.57 Å². The van der Waals surface area contributed by atoms with Crippen molar-refractivity contribution < 1.29 is 19.1 Å². The van der Waals surface area contributed by atoms with Gasteiger partial charge < -0.3 is 4.74 Å². The van der Waals surface area contributed by atoms with E-state index >= 15 is 0 Å². The highest BCUT2D eigenvalue weighted by molar-refractivity contribution is 6.16. The molecule has 0 spiro atoms. The lowest BCUT2D eigenvalue weighted by Crippen LogP contribution is -2.42. The van der Waals surface area contributed by atoms with Gasteiger partial charge in [-0.25, -0.2) is 0 Å². The lowest BCUT2D eigenvalue weighted by Gasteiger charge is -2.30. The predicted molar refractivity (Wildman–Crippen MR) is 97.0 cm³/mol. The molecule has 136 valence electrons. The van der Waals surface area contributed by atoms with E-state index in [2.05, 4.69) is 0 Å². The van der Waals surface area contributed by atoms with Gasteiger partial charge in [0.2, 0.25) is 5.91 Å². The van der Waals surface area contributed by atoms with E-state index in [1.54, 1.807) is 57.4 Å². The second-order valence-electron chi connectivity index (χ2n) is 7.73. The van der Waals surface area contributed by atoms with Gasteiger partial charge in [0.25, 0.3) is 0 Å². The van der Waals surface area contributed by atoms with Crippen LogP contribution in [-0.2, 0) is 16.0 Å². The topological polar surface area (TPSA) is 65.4 Å². The average Bonchev–Trinajstić information content (AvgIpc) is 3.19. The number of hydrogen-bond acceptors (Lipinski definition) is 4. The summed E-state index contributed by atoms with van der Waals surface area (Å²) in [7, 11) is 0. The number of benzene rings is 1. The van der Waals surface area contributed by atoms with Crippen LogP contribution in [0.2, 0.25) is 0 Å². The fourth-order valence-corrected chi connectivity index (χ4v) is 3.35. The molecule has 5 nitrogen and oxygen atoms in total. The van der Waals surface area contributed by atoms with Gasteiger partial charge >= 0.3 is 5.97 Å². The first-order valence-corrected chi connectivity index (χ1v) is 8.75. The summed E-state index contributed by atoms with van der Waals surface area (Å²) < 4.78 is 7.04. The van der Waals surface area contributed by atoms with Crippen molar-refractivity contribution in [3.63, 3.8) is 0 Å². The zero-order chi connectivity index (χ0) is 18.9. The van der Waals surface area contributed by atoms with E-state index in [0.29, 0.717) is 5.56 Å². The summed E-state index contributed by atoms with van der Waals surface area (Å²) in [6, 6.07) is 10.7. The first-order valence-electron chi connectivity index (χ1n) is 8.75. The molecule has 1 aromatic carbocycles. The zero-order valence-electron chi connectivity index (χ0n) is 15.3. The summed E-state index contributed by atoms with van der Waals surface area (Å²) in [4.78, 5) is 38.5. The molecule has 2 aromatic rings. The SMILES string of the molecule is CC(C)(C)OC(=O)[C@@]1(CCC(=O)n2cccc2)Cc2ccccc2C1=O. The Hall–Kier alpha value is -2.69. The maximum absolute atomic E-state index is 13.1. The molecule has 0 bridgehead atoms. The number of hydrogen-bond donors (Lipinski definition) is 0. The Morgan fingerprint density at radius 3 is 2.38 bits per heavy atom. The van der Waals surface area contributed by atoms with E-state index in [4.69, 9.17) is 4.74 Å². The molecule has 1 aliphatic carbocycles. The number of Topliss-reactive ketones (excluding diaryl/α,β-unsaturated/α-hetero) is 1. The van der Waals surface area contributed by atoms with Crippen LogP contribution in [0.1, 0.15) is 54.3 Å². The Labute approximate surface area is 153 Å². The molecule has 3 rings (SSSR count). The van der Waals surface area contributed by atoms with E-state index in [1.807, 2.05) is 12.1 Å². The number of esters is 1. The van der Waals surface area contributed by atoms with Crippen molar-refractivity contribution in [3.05, 3.63) is 59.9 Å². The van der Waals surface area contributed by atoms with Gasteiger partial charge in [-0.15, -0.1) is 0 Å². The molecule has 0 radical (unpaired) electrons. The molecule has 0 fully saturated rings. The van der Waals surface area contributed by atoms with Gasteiger partial charge in [-0.1, -0.05) is 24.3 Å². The Kier molecular flexibility index (Phi) is 4.57. The Morgan fingerprint density at radius 2 is 1.77 bits per heavy atom. The van der Waals surface area contributed by atoms with Crippen molar-refractivity contribution >= 4 is 17.7 Å². The highest BCUT2D eigenvalue weighted by Gasteiger charge is 2.53. The average molecular weight is 353 g/mol. The molecule has 0 unspecified atom stereocenters. The van der Waals surface area contributed by atoms with Crippen LogP contribution in [-0.4, -0.2) is 27.8 Å². The largest absolute Gasteiger partial charge is 0.459 e. The Morgan fingerprint density at radius 1 is 1.12 bits per heavy atom. The minimum Gasteiger partial charge on any atom is -0.459 e. The summed E-state index contributed by atoms with van der Waals surface area (Å²) in [5.41, 5.74) is -0.660. The van der Waals surface area contributed by atoms with Gasteiger partial charge in [0, 0.05) is 24.4 Å². The second-order valence-corrected chi connectivity index (χ2v) is 7.73. The van der Waals surface area contributed by atoms with Crippen molar-refractivity contribution in [2.24, 2.45) is 5.41 Å². The molecule has 0 saturated carbocycles. The number of carbonyl (C=O) groups is 3. The fraction of sp³-hybridized carbons (Fsp3) is 0.381. The first kappa shape index (κ1) is 18.1. The van der Waals surface area contributed by atoms with Gasteiger partial charge in [-0.2, -0.15) is 0 Å². The maximum Gasteiger partial charge on any atom is 0.320 e. The molecular formula is C21H23NO4. The normalized spacial score (nSPS) is 19.3. The van der Waals surface area contributed by atoms with E-state index in [0.717, 1.165) is 5.56 Å². The third kappa shape index (κ3) is 3.34. The zero-order valence-corrected chi connectivity index (χ0v) is 15.3. The molecule has 0 aliphatic heterocycles. The van der Waals surface area contributed by atoms with Crippen molar-refractivity contribution in [3.8, 4) is 0 Å². The lowest BCUT2D eigenvalue weighted by atomic mass is 9.79. The van der Waals surface area contributed by atoms with Crippen LogP contribution in [0.25, 0.3) is 0 Å². The number of aromatic nitrogens is 1. The standard InChI is InChI=1S/C21H23NO4/c1-20(2,3)26-19(25)21(11-10-17(23)22-12-6-7-13-22)14-15-8-4-5-9-16(15)18(21)24/h4-9,12-13H,10-11,14H2,1-3H3/t21-/m0/s1. The maximum atomic E-state index is 13.1. The number of ether oxygens (including phenoxy) is 1. The molecule has 0 saturated heterocycles. The van der Waals surface area contributed by atoms with E-state index in [1.165, 1.54) is 4.57 Å². The molecule has 1 heterocycles. The summed E-state index contributed by atoms with van der Waals surface area (Å²) in [6.07, 6.45) is 3.82. The minimum atomic E-state index is -1.33. The van der Waals surface area contributed by atoms with Crippen molar-refractivity contribution in [1.29, 1.82) is 0 Å². The molecule has 0 amide bonds. The summed E-state index contributed by atoms with van der Waals surface area (Å²) in [5.74, 6) is -0.948. The summed E-state index contributed by atoms with van der Waals surface area (Å²) in [5, 5.41) is 0. The number of ketones is 1. The molecule has 5 heteroatoms. The van der Waals surface area contributed by atoms with Crippen LogP contribution in [0.15, 0.2) is 48.8 Å². The Bertz CT molecular complexity index is 845. The predicted octanol–water partition coefficient (Wildman–Crippen LogP) is 3.68. The van der Waals surface area contributed by atoms with Crippen LogP contribution < -0.4 is 0 Å². The molecule has 0 N–H and O–H groups in total. The molecule has 26 heavy (non-hydrogen) atoms. The van der Waals surface area contributed by atoms with Crippen LogP contribution >= 0.6 is 0 Å². The van der Waals surface area contributed by atoms with Crippen molar-refractivity contribution in [2.45, 2.75) is 45.6 Å². The number of carbonyl (C=O) groups excluding carboxylic acids is 3. The van der Waals surface area contributed by atoms with Crippen LogP contribution in [0.5, 0.6) is 0 Å². The quantitative estimate of drug-likeness (QED) is 0.621. The van der Waals surface area contributed by atoms with Gasteiger partial charge in [0.05, 0.1) is 0 Å². The molecule has 1 aromatic heterocycles. The van der Waals surface area contributed by atoms with E-state index in [9.17, 15) is 14.4 Å². The van der Waals surface area contributed by atoms with E-state index < -0.39 is 17.0 Å². The van der Waals surface area contributed by atoms with Crippen LogP contribution in [0.3, 0.4) is 0 Å². The van der Waals surface area contributed by atoms with Gasteiger partial charge in [0.1, 0.15) is 11.0 Å². The van der Waals surface area contributed by atoms with Crippen LogP contribution in [0, 0.1) is 5.41 Å². The van der Waals surface area contributed by atoms with Gasteiger partial charge in [-0.3, -0.25) is 19.0 Å². The number of fused-ring (bicyclic) bond motifs is 1. The summed E-state index contributed by atoms with van der Waals surface area (Å²) >= 11 is 0. The van der Waals surface area contributed by atoms with Gasteiger partial charge in [0.15, 0.2) is 5.78 Å². The monoisotopic (exact) mass is 353 g/mol. The first-order chi connectivity index (χ1) is 12.2. The number of rotatable bonds is 4. The third-order valence-corrected chi connectivity index (χ3v) is 4.64. The third-order valence-electron chi connectivity index (χ3n) is 4.64. The molecular weight excluding hydrogens is 330 g/mol. The van der Waals surface area contributed by atoms with Gasteiger partial charge in [-0.05, 0) is 51.3 Å². The smallest absolute Gasteiger partial charge is 0.320 e. The second kappa shape index (κ2) is 6.56. The van der Waals surface area contributed by atoms with E-state index in [-0.39, 0.29) is 31.0 Å². The van der Waals surface area contributed by atoms with Crippen LogP contribution in [0.4, 0.5) is 0 Å². The minimum absolute atomic E-state index is 0.0909. The fourth-order valence-electron chi connectivity index (χ4n) is 3.35. The summed E-state index contributed by atoms with van der Waals surface area (Å²) in [6.45, 7) is 5.32.